The van der Waals surface area contributed by atoms with E-state index < -0.39 is 0 Å². The molecule has 0 spiro atoms. The fraction of sp³-hybridized carbons (Fsp3) is 0.615. The number of nitrogens with one attached hydrogen (secondary N) is 1. The van der Waals surface area contributed by atoms with E-state index in [2.05, 4.69) is 44.1 Å². The topological polar surface area (TPSA) is 24.9 Å². The zero-order chi connectivity index (χ0) is 11.3. The Kier molecular flexibility index (Phi) is 4.76. The van der Waals surface area contributed by atoms with E-state index in [0.29, 0.717) is 6.04 Å². The third kappa shape index (κ3) is 3.31. The van der Waals surface area contributed by atoms with Gasteiger partial charge in [0, 0.05) is 12.2 Å². The maximum Gasteiger partial charge on any atom is 0.0602 e. The van der Waals surface area contributed by atoms with Gasteiger partial charge < -0.3 is 5.32 Å². The Morgan fingerprint density at radius 2 is 2.07 bits per heavy atom. The minimum absolute atomic E-state index is 0.408. The molecule has 1 aromatic rings. The lowest BCUT2D eigenvalue weighted by molar-refractivity contribution is 0.504. The molecule has 0 bridgehead atoms. The van der Waals surface area contributed by atoms with Crippen molar-refractivity contribution in [2.75, 3.05) is 6.54 Å². The molecule has 0 aliphatic carbocycles. The van der Waals surface area contributed by atoms with Crippen molar-refractivity contribution < 1.29 is 0 Å². The summed E-state index contributed by atoms with van der Waals surface area (Å²) in [6, 6.07) is 2.61. The molecule has 1 aromatic heterocycles. The molecule has 2 nitrogen and oxygen atoms in total. The van der Waals surface area contributed by atoms with Crippen LogP contribution in [0.15, 0.2) is 12.3 Å². The summed E-state index contributed by atoms with van der Waals surface area (Å²) in [5, 5.41) is 3.53. The molecule has 1 heterocycles. The van der Waals surface area contributed by atoms with E-state index in [9.17, 15) is 0 Å². The van der Waals surface area contributed by atoms with Gasteiger partial charge in [0.25, 0.3) is 0 Å². The highest BCUT2D eigenvalue weighted by Gasteiger charge is 2.11. The van der Waals surface area contributed by atoms with Crippen LogP contribution in [0, 0.1) is 13.8 Å². The highest BCUT2D eigenvalue weighted by Crippen LogP contribution is 2.18. The summed E-state index contributed by atoms with van der Waals surface area (Å²) in [7, 11) is 0. The van der Waals surface area contributed by atoms with Crippen molar-refractivity contribution in [2.24, 2.45) is 0 Å². The Morgan fingerprint density at radius 1 is 1.33 bits per heavy atom. The highest BCUT2D eigenvalue weighted by molar-refractivity contribution is 5.25. The van der Waals surface area contributed by atoms with Gasteiger partial charge >= 0.3 is 0 Å². The van der Waals surface area contributed by atoms with Gasteiger partial charge in [-0.05, 0) is 44.4 Å². The zero-order valence-electron chi connectivity index (χ0n) is 10.3. The van der Waals surface area contributed by atoms with Crippen LogP contribution in [0.5, 0.6) is 0 Å². The quantitative estimate of drug-likeness (QED) is 0.800. The third-order valence-corrected chi connectivity index (χ3v) is 2.63. The smallest absolute Gasteiger partial charge is 0.0602 e. The van der Waals surface area contributed by atoms with Gasteiger partial charge in [0.2, 0.25) is 0 Å². The van der Waals surface area contributed by atoms with E-state index in [4.69, 9.17) is 0 Å². The van der Waals surface area contributed by atoms with Crippen molar-refractivity contribution in [1.29, 1.82) is 0 Å². The maximum absolute atomic E-state index is 4.54. The standard InChI is InChI=1S/C13H22N2/c1-5-7-14-12(6-2)13-11(4)8-10(3)9-15-13/h8-9,12,14H,5-7H2,1-4H3. The second-order valence-electron chi connectivity index (χ2n) is 4.13. The van der Waals surface area contributed by atoms with Gasteiger partial charge in [-0.1, -0.05) is 19.9 Å². The van der Waals surface area contributed by atoms with Crippen molar-refractivity contribution >= 4 is 0 Å². The zero-order valence-corrected chi connectivity index (χ0v) is 10.3. The summed E-state index contributed by atoms with van der Waals surface area (Å²) in [4.78, 5) is 4.54. The highest BCUT2D eigenvalue weighted by atomic mass is 14.9. The van der Waals surface area contributed by atoms with Crippen LogP contribution in [0.1, 0.15) is 49.6 Å². The maximum atomic E-state index is 4.54. The number of hydrogen-bond donors (Lipinski definition) is 1. The molecule has 0 aliphatic rings. The lowest BCUT2D eigenvalue weighted by atomic mass is 10.0. The van der Waals surface area contributed by atoms with Crippen molar-refractivity contribution in [3.63, 3.8) is 0 Å². The second-order valence-corrected chi connectivity index (χ2v) is 4.13. The molecule has 1 N–H and O–H groups in total. The third-order valence-electron chi connectivity index (χ3n) is 2.63. The summed E-state index contributed by atoms with van der Waals surface area (Å²) in [5.41, 5.74) is 3.74. The molecular weight excluding hydrogens is 184 g/mol. The Labute approximate surface area is 93.1 Å². The van der Waals surface area contributed by atoms with E-state index in [0.717, 1.165) is 13.0 Å². The monoisotopic (exact) mass is 206 g/mol. The molecule has 0 amide bonds. The molecule has 1 unspecified atom stereocenters. The van der Waals surface area contributed by atoms with Crippen molar-refractivity contribution in [3.8, 4) is 0 Å². The Balaban J connectivity index is 2.81. The molecular formula is C13H22N2. The fourth-order valence-corrected chi connectivity index (χ4v) is 1.84. The van der Waals surface area contributed by atoms with Gasteiger partial charge in [-0.25, -0.2) is 0 Å². The van der Waals surface area contributed by atoms with Gasteiger partial charge in [0.1, 0.15) is 0 Å². The Morgan fingerprint density at radius 3 is 2.60 bits per heavy atom. The van der Waals surface area contributed by atoms with E-state index in [1.807, 2.05) is 6.20 Å². The van der Waals surface area contributed by atoms with Crippen LogP contribution in [0.25, 0.3) is 0 Å². The molecule has 0 aromatic carbocycles. The second kappa shape index (κ2) is 5.86. The van der Waals surface area contributed by atoms with Crippen LogP contribution in [-0.2, 0) is 0 Å². The average molecular weight is 206 g/mol. The van der Waals surface area contributed by atoms with Crippen LogP contribution in [-0.4, -0.2) is 11.5 Å². The van der Waals surface area contributed by atoms with Crippen LogP contribution < -0.4 is 5.32 Å². The first kappa shape index (κ1) is 12.2. The molecule has 1 rings (SSSR count). The lowest BCUT2D eigenvalue weighted by Crippen LogP contribution is -2.23. The van der Waals surface area contributed by atoms with Crippen molar-refractivity contribution in [1.82, 2.24) is 10.3 Å². The summed E-state index contributed by atoms with van der Waals surface area (Å²) in [6.07, 6.45) is 4.22. The van der Waals surface area contributed by atoms with Crippen LogP contribution in [0.2, 0.25) is 0 Å². The summed E-state index contributed by atoms with van der Waals surface area (Å²) in [5.74, 6) is 0. The molecule has 0 saturated heterocycles. The lowest BCUT2D eigenvalue weighted by Gasteiger charge is -2.18. The molecule has 1 atom stereocenters. The van der Waals surface area contributed by atoms with Gasteiger partial charge in [-0.2, -0.15) is 0 Å². The van der Waals surface area contributed by atoms with Gasteiger partial charge in [-0.3, -0.25) is 4.98 Å². The Hall–Kier alpha value is -0.890. The molecule has 0 aliphatic heterocycles. The first-order valence-corrected chi connectivity index (χ1v) is 5.85. The van der Waals surface area contributed by atoms with Crippen LogP contribution in [0.3, 0.4) is 0 Å². The Bertz CT molecular complexity index is 307. The number of nitrogens with zero attached hydrogens (tertiary/aromatic N) is 1. The van der Waals surface area contributed by atoms with Gasteiger partial charge in [-0.15, -0.1) is 0 Å². The SMILES string of the molecule is CCCNC(CC)c1ncc(C)cc1C. The summed E-state index contributed by atoms with van der Waals surface area (Å²) >= 11 is 0. The van der Waals surface area contributed by atoms with E-state index in [-0.39, 0.29) is 0 Å². The normalized spacial score (nSPS) is 12.8. The fourth-order valence-electron chi connectivity index (χ4n) is 1.84. The molecule has 15 heavy (non-hydrogen) atoms. The molecule has 0 fully saturated rings. The van der Waals surface area contributed by atoms with Crippen LogP contribution in [0.4, 0.5) is 0 Å². The number of hydrogen-bond acceptors (Lipinski definition) is 2. The minimum atomic E-state index is 0.408. The van der Waals surface area contributed by atoms with Gasteiger partial charge in [0.15, 0.2) is 0 Å². The number of aromatic nitrogens is 1. The minimum Gasteiger partial charge on any atom is -0.309 e. The number of aryl methyl sites for hydroxylation is 2. The first-order chi connectivity index (χ1) is 7.19. The van der Waals surface area contributed by atoms with Crippen molar-refractivity contribution in [2.45, 2.75) is 46.6 Å². The number of pyridine rings is 1. The van der Waals surface area contributed by atoms with Crippen molar-refractivity contribution in [3.05, 3.63) is 29.1 Å². The first-order valence-electron chi connectivity index (χ1n) is 5.85. The predicted octanol–water partition coefficient (Wildman–Crippen LogP) is 3.15. The predicted molar refractivity (Wildman–Crippen MR) is 65.0 cm³/mol. The molecule has 0 radical (unpaired) electrons. The van der Waals surface area contributed by atoms with Gasteiger partial charge in [0.05, 0.1) is 5.69 Å². The van der Waals surface area contributed by atoms with E-state index in [1.165, 1.54) is 23.2 Å². The summed E-state index contributed by atoms with van der Waals surface area (Å²) < 4.78 is 0. The largest absolute Gasteiger partial charge is 0.309 e. The molecule has 2 heteroatoms. The van der Waals surface area contributed by atoms with Crippen LogP contribution >= 0.6 is 0 Å². The van der Waals surface area contributed by atoms with E-state index in [1.54, 1.807) is 0 Å². The average Bonchev–Trinajstić information content (AvgIpc) is 2.21. The molecule has 84 valence electrons. The summed E-state index contributed by atoms with van der Waals surface area (Å²) in [6.45, 7) is 9.69. The van der Waals surface area contributed by atoms with E-state index >= 15 is 0 Å². The molecule has 0 saturated carbocycles. The number of rotatable bonds is 5.